The van der Waals surface area contributed by atoms with Gasteiger partial charge in [0, 0.05) is 19.8 Å². The molecule has 2 heterocycles. The number of hydrogen-bond donors (Lipinski definition) is 1. The first-order valence-electron chi connectivity index (χ1n) is 6.97. The molecule has 2 aromatic heterocycles. The van der Waals surface area contributed by atoms with Crippen LogP contribution >= 0.6 is 11.6 Å². The topological polar surface area (TPSA) is 64.7 Å². The van der Waals surface area contributed by atoms with Crippen LogP contribution in [0, 0.1) is 5.92 Å². The first kappa shape index (κ1) is 15.6. The van der Waals surface area contributed by atoms with Crippen molar-refractivity contribution in [3.63, 3.8) is 0 Å². The Morgan fingerprint density at radius 1 is 1.38 bits per heavy atom. The van der Waals surface area contributed by atoms with E-state index >= 15 is 0 Å². The van der Waals surface area contributed by atoms with Gasteiger partial charge >= 0.3 is 0 Å². The molecule has 6 nitrogen and oxygen atoms in total. The summed E-state index contributed by atoms with van der Waals surface area (Å²) in [4.78, 5) is 12.2. The van der Waals surface area contributed by atoms with Crippen LogP contribution < -0.4 is 10.9 Å². The summed E-state index contributed by atoms with van der Waals surface area (Å²) in [5.41, 5.74) is 1.98. The summed E-state index contributed by atoms with van der Waals surface area (Å²) in [5, 5.41) is 11.8. The van der Waals surface area contributed by atoms with E-state index in [1.54, 1.807) is 10.9 Å². The molecule has 0 radical (unpaired) electrons. The third-order valence-corrected chi connectivity index (χ3v) is 3.40. The van der Waals surface area contributed by atoms with Crippen molar-refractivity contribution in [3.8, 4) is 0 Å². The minimum atomic E-state index is -0.280. The summed E-state index contributed by atoms with van der Waals surface area (Å²) < 4.78 is 3.12. The number of halogens is 1. The number of aryl methyl sites for hydroxylation is 2. The van der Waals surface area contributed by atoms with Gasteiger partial charge in [-0.25, -0.2) is 4.68 Å². The van der Waals surface area contributed by atoms with Crippen molar-refractivity contribution >= 4 is 23.0 Å². The van der Waals surface area contributed by atoms with E-state index < -0.39 is 0 Å². The van der Waals surface area contributed by atoms with Crippen molar-refractivity contribution < 1.29 is 0 Å². The maximum absolute atomic E-state index is 12.2. The summed E-state index contributed by atoms with van der Waals surface area (Å²) in [6, 6.07) is 0. The van der Waals surface area contributed by atoms with Gasteiger partial charge in [0.1, 0.15) is 5.02 Å². The SMILES string of the molecule is CCc1nn(C)cc1Nc1cnn(CC(C)C)c(=O)c1Cl. The predicted octanol–water partition coefficient (Wildman–Crippen LogP) is 2.59. The number of hydrogen-bond acceptors (Lipinski definition) is 4. The molecule has 2 aromatic rings. The van der Waals surface area contributed by atoms with Gasteiger partial charge in [-0.3, -0.25) is 9.48 Å². The van der Waals surface area contributed by atoms with E-state index in [1.165, 1.54) is 4.68 Å². The van der Waals surface area contributed by atoms with E-state index in [0.29, 0.717) is 18.2 Å². The average Bonchev–Trinajstić information content (AvgIpc) is 2.78. The van der Waals surface area contributed by atoms with E-state index in [1.807, 2.05) is 34.0 Å². The Bertz CT molecular complexity index is 689. The van der Waals surface area contributed by atoms with Crippen molar-refractivity contribution in [1.82, 2.24) is 19.6 Å². The number of anilines is 2. The Labute approximate surface area is 128 Å². The summed E-state index contributed by atoms with van der Waals surface area (Å²) in [5.74, 6) is 0.329. The van der Waals surface area contributed by atoms with Crippen molar-refractivity contribution in [2.45, 2.75) is 33.7 Å². The fourth-order valence-electron chi connectivity index (χ4n) is 2.07. The summed E-state index contributed by atoms with van der Waals surface area (Å²) in [6.07, 6.45) is 4.23. The zero-order valence-corrected chi connectivity index (χ0v) is 13.5. The number of rotatable bonds is 5. The molecule has 0 unspecified atom stereocenters. The maximum atomic E-state index is 12.2. The quantitative estimate of drug-likeness (QED) is 0.922. The normalized spacial score (nSPS) is 11.1. The second-order valence-corrected chi connectivity index (χ2v) is 5.77. The third kappa shape index (κ3) is 3.44. The zero-order chi connectivity index (χ0) is 15.6. The molecule has 0 aliphatic rings. The maximum Gasteiger partial charge on any atom is 0.287 e. The highest BCUT2D eigenvalue weighted by Gasteiger charge is 2.13. The van der Waals surface area contributed by atoms with E-state index in [4.69, 9.17) is 11.6 Å². The molecule has 0 saturated carbocycles. The van der Waals surface area contributed by atoms with E-state index in [-0.39, 0.29) is 10.6 Å². The molecule has 1 N–H and O–H groups in total. The minimum absolute atomic E-state index is 0.150. The molecule has 0 aliphatic carbocycles. The van der Waals surface area contributed by atoms with Gasteiger partial charge in [-0.2, -0.15) is 10.2 Å². The first-order valence-corrected chi connectivity index (χ1v) is 7.35. The predicted molar refractivity (Wildman–Crippen MR) is 84.2 cm³/mol. The van der Waals surface area contributed by atoms with Crippen LogP contribution in [0.4, 0.5) is 11.4 Å². The number of nitrogens with zero attached hydrogens (tertiary/aromatic N) is 4. The van der Waals surface area contributed by atoms with Gasteiger partial charge in [-0.15, -0.1) is 0 Å². The molecule has 0 amide bonds. The van der Waals surface area contributed by atoms with Crippen LogP contribution in [0.25, 0.3) is 0 Å². The van der Waals surface area contributed by atoms with Crippen LogP contribution in [0.1, 0.15) is 26.5 Å². The molecule has 0 saturated heterocycles. The number of aromatic nitrogens is 4. The van der Waals surface area contributed by atoms with Crippen molar-refractivity contribution in [3.05, 3.63) is 33.5 Å². The molecule has 0 fully saturated rings. The Kier molecular flexibility index (Phi) is 4.67. The molecule has 114 valence electrons. The molecular formula is C14H20ClN5O. The van der Waals surface area contributed by atoms with Gasteiger partial charge in [0.2, 0.25) is 0 Å². The minimum Gasteiger partial charge on any atom is -0.350 e. The van der Waals surface area contributed by atoms with Gasteiger partial charge in [0.25, 0.3) is 5.56 Å². The molecule has 0 bridgehead atoms. The van der Waals surface area contributed by atoms with Crippen LogP contribution in [0.2, 0.25) is 5.02 Å². The largest absolute Gasteiger partial charge is 0.350 e. The van der Waals surface area contributed by atoms with Gasteiger partial charge in [0.15, 0.2) is 0 Å². The van der Waals surface area contributed by atoms with Crippen LogP contribution in [0.15, 0.2) is 17.2 Å². The Morgan fingerprint density at radius 3 is 2.71 bits per heavy atom. The van der Waals surface area contributed by atoms with Crippen molar-refractivity contribution in [1.29, 1.82) is 0 Å². The smallest absolute Gasteiger partial charge is 0.287 e. The lowest BCUT2D eigenvalue weighted by Gasteiger charge is -2.11. The molecule has 0 spiro atoms. The fourth-order valence-corrected chi connectivity index (χ4v) is 2.27. The second-order valence-electron chi connectivity index (χ2n) is 5.40. The van der Waals surface area contributed by atoms with Crippen LogP contribution in [0.3, 0.4) is 0 Å². The van der Waals surface area contributed by atoms with E-state index in [9.17, 15) is 4.79 Å². The second kappa shape index (κ2) is 6.30. The fraction of sp³-hybridized carbons (Fsp3) is 0.500. The summed E-state index contributed by atoms with van der Waals surface area (Å²) >= 11 is 6.17. The van der Waals surface area contributed by atoms with Gasteiger partial charge in [-0.05, 0) is 12.3 Å². The van der Waals surface area contributed by atoms with Crippen molar-refractivity contribution in [2.75, 3.05) is 5.32 Å². The highest BCUT2D eigenvalue weighted by Crippen LogP contribution is 2.23. The Balaban J connectivity index is 2.33. The highest BCUT2D eigenvalue weighted by atomic mass is 35.5. The molecule has 7 heteroatoms. The van der Waals surface area contributed by atoms with E-state index in [0.717, 1.165) is 17.8 Å². The van der Waals surface area contributed by atoms with E-state index in [2.05, 4.69) is 15.5 Å². The van der Waals surface area contributed by atoms with Crippen LogP contribution in [-0.4, -0.2) is 19.6 Å². The van der Waals surface area contributed by atoms with Crippen LogP contribution in [0.5, 0.6) is 0 Å². The van der Waals surface area contributed by atoms with Gasteiger partial charge in [0.05, 0.1) is 23.3 Å². The average molecular weight is 310 g/mol. The Morgan fingerprint density at radius 2 is 2.10 bits per heavy atom. The Hall–Kier alpha value is -1.82. The summed E-state index contributed by atoms with van der Waals surface area (Å²) in [6.45, 7) is 6.62. The molecule has 0 atom stereocenters. The molecule has 0 aromatic carbocycles. The van der Waals surface area contributed by atoms with Crippen molar-refractivity contribution in [2.24, 2.45) is 13.0 Å². The monoisotopic (exact) mass is 309 g/mol. The highest BCUT2D eigenvalue weighted by molar-refractivity contribution is 6.33. The lowest BCUT2D eigenvalue weighted by Crippen LogP contribution is -2.25. The lowest BCUT2D eigenvalue weighted by molar-refractivity contribution is 0.464. The molecule has 0 aliphatic heterocycles. The lowest BCUT2D eigenvalue weighted by atomic mass is 10.2. The third-order valence-electron chi connectivity index (χ3n) is 3.03. The van der Waals surface area contributed by atoms with Gasteiger partial charge in [-0.1, -0.05) is 32.4 Å². The zero-order valence-electron chi connectivity index (χ0n) is 12.7. The van der Waals surface area contributed by atoms with Crippen LogP contribution in [-0.2, 0) is 20.0 Å². The number of nitrogens with one attached hydrogen (secondary N) is 1. The molecule has 2 rings (SSSR count). The molecular weight excluding hydrogens is 290 g/mol. The van der Waals surface area contributed by atoms with Gasteiger partial charge < -0.3 is 5.32 Å². The molecule has 21 heavy (non-hydrogen) atoms. The standard InChI is InChI=1S/C14H20ClN5O/c1-5-10-12(8-19(4)18-10)17-11-6-16-20(7-9(2)3)14(21)13(11)15/h6,8-9,17H,5,7H2,1-4H3. The summed E-state index contributed by atoms with van der Waals surface area (Å²) in [7, 11) is 1.85. The first-order chi connectivity index (χ1) is 9.92.